The summed E-state index contributed by atoms with van der Waals surface area (Å²) < 4.78 is 54.8. The van der Waals surface area contributed by atoms with Crippen molar-refractivity contribution in [1.29, 1.82) is 0 Å². The zero-order chi connectivity index (χ0) is 27.4. The largest absolute Gasteiger partial charge is 0.484 e. The fraction of sp³-hybridized carbons (Fsp3) is 0.321. The van der Waals surface area contributed by atoms with Gasteiger partial charge in [-0.05, 0) is 37.1 Å². The minimum absolute atomic E-state index is 0.0791. The number of carbonyl (C=O) groups excluding carboxylic acids is 2. The molecule has 1 aromatic heterocycles. The van der Waals surface area contributed by atoms with E-state index in [1.807, 2.05) is 24.3 Å². The van der Waals surface area contributed by atoms with Crippen molar-refractivity contribution < 1.29 is 37.0 Å². The van der Waals surface area contributed by atoms with Gasteiger partial charge in [-0.3, -0.25) is 14.7 Å². The van der Waals surface area contributed by atoms with E-state index in [-0.39, 0.29) is 36.5 Å². The Balaban J connectivity index is 1.25. The number of hydrogen-bond donors (Lipinski definition) is 0. The van der Waals surface area contributed by atoms with Gasteiger partial charge in [-0.1, -0.05) is 24.3 Å². The Hall–Kier alpha value is -4.28. The Bertz CT molecular complexity index is 1330. The number of anilines is 1. The summed E-state index contributed by atoms with van der Waals surface area (Å²) in [6.45, 7) is -0.468. The number of benzene rings is 2. The maximum absolute atomic E-state index is 13.1. The maximum atomic E-state index is 13.1. The molecule has 11 heteroatoms. The number of alkyl halides is 3. The van der Waals surface area contributed by atoms with E-state index >= 15 is 0 Å². The number of nitrogens with zero attached hydrogens (tertiary/aromatic N) is 3. The molecule has 0 spiro atoms. The molecule has 39 heavy (non-hydrogen) atoms. The lowest BCUT2D eigenvalue weighted by atomic mass is 10.00. The fourth-order valence-electron chi connectivity index (χ4n) is 4.75. The Morgan fingerprint density at radius 3 is 2.59 bits per heavy atom. The SMILES string of the molecule is O=C(Cc1ccc(Oc2cccnc2)cc1OCC(F)(F)F)N1CCC(N2C(=O)OCc3ccccc32)CC1. The molecule has 0 atom stereocenters. The number of piperidine rings is 1. The number of carbonyl (C=O) groups is 2. The minimum Gasteiger partial charge on any atom is -0.484 e. The highest BCUT2D eigenvalue weighted by atomic mass is 19.4. The Morgan fingerprint density at radius 1 is 1.05 bits per heavy atom. The smallest absolute Gasteiger partial charge is 0.422 e. The van der Waals surface area contributed by atoms with Crippen LogP contribution in [-0.2, 0) is 22.6 Å². The topological polar surface area (TPSA) is 81.2 Å². The van der Waals surface area contributed by atoms with Crippen LogP contribution in [0.1, 0.15) is 24.0 Å². The molecule has 1 fully saturated rings. The molecule has 3 heterocycles. The van der Waals surface area contributed by atoms with E-state index in [1.165, 1.54) is 18.3 Å². The summed E-state index contributed by atoms with van der Waals surface area (Å²) in [6.07, 6.45) is -0.955. The van der Waals surface area contributed by atoms with Crippen LogP contribution in [0.5, 0.6) is 17.2 Å². The molecule has 0 bridgehead atoms. The van der Waals surface area contributed by atoms with Crippen molar-refractivity contribution in [2.75, 3.05) is 24.6 Å². The second-order valence-corrected chi connectivity index (χ2v) is 9.31. The second-order valence-electron chi connectivity index (χ2n) is 9.31. The van der Waals surface area contributed by atoms with Crippen molar-refractivity contribution in [3.8, 4) is 17.2 Å². The van der Waals surface area contributed by atoms with Crippen LogP contribution < -0.4 is 14.4 Å². The van der Waals surface area contributed by atoms with Gasteiger partial charge in [-0.2, -0.15) is 13.2 Å². The molecule has 0 N–H and O–H groups in total. The second kappa shape index (κ2) is 11.2. The summed E-state index contributed by atoms with van der Waals surface area (Å²) in [5.74, 6) is 0.342. The van der Waals surface area contributed by atoms with Gasteiger partial charge in [0.05, 0.1) is 18.3 Å². The molecule has 0 aliphatic carbocycles. The molecule has 8 nitrogen and oxygen atoms in total. The third kappa shape index (κ3) is 6.42. The van der Waals surface area contributed by atoms with E-state index in [4.69, 9.17) is 14.2 Å². The van der Waals surface area contributed by atoms with Crippen LogP contribution in [0.25, 0.3) is 0 Å². The highest BCUT2D eigenvalue weighted by Crippen LogP contribution is 2.33. The predicted octanol–water partition coefficient (Wildman–Crippen LogP) is 5.51. The first kappa shape index (κ1) is 26.3. The molecule has 3 aromatic rings. The van der Waals surface area contributed by atoms with Gasteiger partial charge in [0.25, 0.3) is 0 Å². The molecule has 204 valence electrons. The Labute approximate surface area is 222 Å². The molecular weight excluding hydrogens is 515 g/mol. The number of aromatic nitrogens is 1. The van der Waals surface area contributed by atoms with Crippen LogP contribution in [0.15, 0.2) is 67.0 Å². The first-order valence-corrected chi connectivity index (χ1v) is 12.5. The van der Waals surface area contributed by atoms with Crippen LogP contribution in [0.2, 0.25) is 0 Å². The van der Waals surface area contributed by atoms with Gasteiger partial charge in [0.1, 0.15) is 23.9 Å². The van der Waals surface area contributed by atoms with Crippen molar-refractivity contribution >= 4 is 17.7 Å². The van der Waals surface area contributed by atoms with Gasteiger partial charge in [-0.25, -0.2) is 4.79 Å². The Morgan fingerprint density at radius 2 is 1.85 bits per heavy atom. The quantitative estimate of drug-likeness (QED) is 0.393. The minimum atomic E-state index is -4.54. The summed E-state index contributed by atoms with van der Waals surface area (Å²) in [5.41, 5.74) is 2.06. The zero-order valence-corrected chi connectivity index (χ0v) is 20.9. The number of cyclic esters (lactones) is 1. The first-order chi connectivity index (χ1) is 18.8. The highest BCUT2D eigenvalue weighted by molar-refractivity contribution is 5.91. The number of hydrogen-bond acceptors (Lipinski definition) is 6. The van der Waals surface area contributed by atoms with E-state index in [0.717, 1.165) is 11.3 Å². The van der Waals surface area contributed by atoms with Crippen molar-refractivity contribution in [3.63, 3.8) is 0 Å². The molecule has 1 saturated heterocycles. The number of likely N-dealkylation sites (tertiary alicyclic amines) is 1. The lowest BCUT2D eigenvalue weighted by molar-refractivity contribution is -0.153. The fourth-order valence-corrected chi connectivity index (χ4v) is 4.75. The average Bonchev–Trinajstić information content (AvgIpc) is 2.93. The third-order valence-electron chi connectivity index (χ3n) is 6.62. The van der Waals surface area contributed by atoms with Crippen LogP contribution in [0, 0.1) is 0 Å². The van der Waals surface area contributed by atoms with Gasteiger partial charge in [0, 0.05) is 42.5 Å². The van der Waals surface area contributed by atoms with Gasteiger partial charge in [-0.15, -0.1) is 0 Å². The summed E-state index contributed by atoms with van der Waals surface area (Å²) in [5, 5.41) is 0. The van der Waals surface area contributed by atoms with Gasteiger partial charge < -0.3 is 19.1 Å². The van der Waals surface area contributed by atoms with E-state index in [0.29, 0.717) is 37.2 Å². The molecule has 0 saturated carbocycles. The lowest BCUT2D eigenvalue weighted by Gasteiger charge is -2.40. The average molecular weight is 542 g/mol. The molecule has 2 aromatic carbocycles. The van der Waals surface area contributed by atoms with Crippen LogP contribution in [-0.4, -0.2) is 53.8 Å². The van der Waals surface area contributed by atoms with E-state index < -0.39 is 18.9 Å². The van der Waals surface area contributed by atoms with Crippen LogP contribution >= 0.6 is 0 Å². The molecule has 0 unspecified atom stereocenters. The monoisotopic (exact) mass is 541 g/mol. The van der Waals surface area contributed by atoms with Crippen LogP contribution in [0.3, 0.4) is 0 Å². The number of halogens is 3. The number of rotatable bonds is 7. The third-order valence-corrected chi connectivity index (χ3v) is 6.62. The van der Waals surface area contributed by atoms with E-state index in [1.54, 1.807) is 34.2 Å². The number of para-hydroxylation sites is 1. The summed E-state index contributed by atoms with van der Waals surface area (Å²) in [4.78, 5) is 32.9. The summed E-state index contributed by atoms with van der Waals surface area (Å²) >= 11 is 0. The standard InChI is InChI=1S/C28H26F3N3O5/c29-28(30,31)18-38-25-15-22(39-23-5-3-11-32-16-23)8-7-19(25)14-26(35)33-12-9-21(10-13-33)34-24-6-2-1-4-20(24)17-37-27(34)36/h1-8,11,15-16,21H,9-10,12-14,17-18H2. The first-order valence-electron chi connectivity index (χ1n) is 12.5. The number of amides is 2. The van der Waals surface area contributed by atoms with Gasteiger partial charge in [0.2, 0.25) is 5.91 Å². The predicted molar refractivity (Wildman–Crippen MR) is 135 cm³/mol. The van der Waals surface area contributed by atoms with Gasteiger partial charge in [0.15, 0.2) is 6.61 Å². The maximum Gasteiger partial charge on any atom is 0.422 e. The zero-order valence-electron chi connectivity index (χ0n) is 20.9. The molecule has 2 aliphatic rings. The highest BCUT2D eigenvalue weighted by Gasteiger charge is 2.35. The van der Waals surface area contributed by atoms with Gasteiger partial charge >= 0.3 is 12.3 Å². The molecule has 5 rings (SSSR count). The normalized spacial score (nSPS) is 15.9. The van der Waals surface area contributed by atoms with Crippen molar-refractivity contribution in [2.24, 2.45) is 0 Å². The molecule has 0 radical (unpaired) electrons. The van der Waals surface area contributed by atoms with Crippen molar-refractivity contribution in [2.45, 2.75) is 38.1 Å². The lowest BCUT2D eigenvalue weighted by Crippen LogP contribution is -2.50. The van der Waals surface area contributed by atoms with Crippen LogP contribution in [0.4, 0.5) is 23.7 Å². The van der Waals surface area contributed by atoms with E-state index in [9.17, 15) is 22.8 Å². The number of fused-ring (bicyclic) bond motifs is 1. The number of pyridine rings is 1. The Kier molecular flexibility index (Phi) is 7.58. The number of ether oxygens (including phenoxy) is 3. The van der Waals surface area contributed by atoms with Crippen molar-refractivity contribution in [3.05, 3.63) is 78.1 Å². The summed E-state index contributed by atoms with van der Waals surface area (Å²) in [7, 11) is 0. The van der Waals surface area contributed by atoms with E-state index in [2.05, 4.69) is 4.98 Å². The van der Waals surface area contributed by atoms with Crippen molar-refractivity contribution in [1.82, 2.24) is 9.88 Å². The summed E-state index contributed by atoms with van der Waals surface area (Å²) in [6, 6.07) is 15.2. The molecule has 2 amide bonds. The molecule has 2 aliphatic heterocycles. The molecular formula is C28H26F3N3O5.